The van der Waals surface area contributed by atoms with Crippen LogP contribution in [0.5, 0.6) is 0 Å². The average Bonchev–Trinajstić information content (AvgIpc) is 2.07. The van der Waals surface area contributed by atoms with Crippen LogP contribution in [0.1, 0.15) is 38.5 Å². The van der Waals surface area contributed by atoms with Crippen LogP contribution in [0.25, 0.3) is 0 Å². The number of hydrogen-bond donors (Lipinski definition) is 1. The Bertz CT molecular complexity index is 114. The molecule has 0 radical (unpaired) electrons. The molecule has 0 heterocycles. The molecule has 0 unspecified atom stereocenters. The zero-order valence-corrected chi connectivity index (χ0v) is 7.26. The van der Waals surface area contributed by atoms with E-state index in [1.807, 2.05) is 6.08 Å². The van der Waals surface area contributed by atoms with Crippen molar-refractivity contribution in [2.45, 2.75) is 44.6 Å². The van der Waals surface area contributed by atoms with Gasteiger partial charge in [0.1, 0.15) is 0 Å². The lowest BCUT2D eigenvalue weighted by Crippen LogP contribution is -2.30. The molecule has 1 aliphatic carbocycles. The highest BCUT2D eigenvalue weighted by Gasteiger charge is 2.18. The zero-order chi connectivity index (χ0) is 8.10. The summed E-state index contributed by atoms with van der Waals surface area (Å²) in [6.45, 7) is 3.72. The minimum atomic E-state index is 0.382. The molecule has 0 saturated heterocycles. The van der Waals surface area contributed by atoms with Crippen molar-refractivity contribution in [2.75, 3.05) is 0 Å². The second-order valence-corrected chi connectivity index (χ2v) is 3.59. The van der Waals surface area contributed by atoms with Crippen LogP contribution in [0, 0.1) is 5.92 Å². The van der Waals surface area contributed by atoms with Crippen molar-refractivity contribution in [3.8, 4) is 0 Å². The summed E-state index contributed by atoms with van der Waals surface area (Å²) in [5.74, 6) is 0.779. The molecule has 1 fully saturated rings. The van der Waals surface area contributed by atoms with E-state index in [2.05, 4.69) is 6.58 Å². The largest absolute Gasteiger partial charge is 0.327 e. The van der Waals surface area contributed by atoms with Gasteiger partial charge in [0.25, 0.3) is 0 Å². The molecule has 2 N–H and O–H groups in total. The first kappa shape index (κ1) is 8.79. The van der Waals surface area contributed by atoms with Crippen molar-refractivity contribution in [1.29, 1.82) is 0 Å². The van der Waals surface area contributed by atoms with Crippen LogP contribution in [0.4, 0.5) is 0 Å². The minimum Gasteiger partial charge on any atom is -0.327 e. The lowest BCUT2D eigenvalue weighted by atomic mass is 9.83. The summed E-state index contributed by atoms with van der Waals surface area (Å²) in [5, 5.41) is 0. The molecule has 0 bridgehead atoms. The summed E-state index contributed by atoms with van der Waals surface area (Å²) in [4.78, 5) is 0. The van der Waals surface area contributed by atoms with Crippen LogP contribution in [0.15, 0.2) is 12.7 Å². The van der Waals surface area contributed by atoms with E-state index in [1.165, 1.54) is 32.1 Å². The highest BCUT2D eigenvalue weighted by Crippen LogP contribution is 2.26. The van der Waals surface area contributed by atoms with Crippen molar-refractivity contribution in [2.24, 2.45) is 11.7 Å². The van der Waals surface area contributed by atoms with Gasteiger partial charge in [-0.05, 0) is 25.2 Å². The van der Waals surface area contributed by atoms with E-state index in [9.17, 15) is 0 Å². The second-order valence-electron chi connectivity index (χ2n) is 3.59. The zero-order valence-electron chi connectivity index (χ0n) is 7.26. The molecular weight excluding hydrogens is 134 g/mol. The predicted octanol–water partition coefficient (Wildman–Crippen LogP) is 2.47. The normalized spacial score (nSPS) is 23.0. The summed E-state index contributed by atoms with van der Waals surface area (Å²) in [7, 11) is 0. The van der Waals surface area contributed by atoms with E-state index < -0.39 is 0 Å². The molecule has 1 rings (SSSR count). The van der Waals surface area contributed by atoms with Crippen molar-refractivity contribution in [1.82, 2.24) is 0 Å². The van der Waals surface area contributed by atoms with Gasteiger partial charge in [0, 0.05) is 6.04 Å². The van der Waals surface area contributed by atoms with Crippen molar-refractivity contribution in [3.63, 3.8) is 0 Å². The standard InChI is InChI=1S/C10H19N/c1-2-6-10(11)9-7-4-3-5-8-9/h2,9-10H,1,3-8,11H2/t10-/m0/s1. The topological polar surface area (TPSA) is 26.0 Å². The Kier molecular flexibility index (Phi) is 3.64. The van der Waals surface area contributed by atoms with Gasteiger partial charge in [-0.15, -0.1) is 6.58 Å². The van der Waals surface area contributed by atoms with E-state index in [0.717, 1.165) is 12.3 Å². The molecule has 11 heavy (non-hydrogen) atoms. The first-order chi connectivity index (χ1) is 5.34. The summed E-state index contributed by atoms with van der Waals surface area (Å²) in [6, 6.07) is 0.382. The molecular formula is C10H19N. The van der Waals surface area contributed by atoms with Gasteiger partial charge in [-0.1, -0.05) is 25.3 Å². The van der Waals surface area contributed by atoms with E-state index in [1.54, 1.807) is 0 Å². The maximum absolute atomic E-state index is 5.99. The first-order valence-corrected chi connectivity index (χ1v) is 4.71. The van der Waals surface area contributed by atoms with Crippen LogP contribution in [-0.4, -0.2) is 6.04 Å². The van der Waals surface area contributed by atoms with Gasteiger partial charge >= 0.3 is 0 Å². The van der Waals surface area contributed by atoms with Gasteiger partial charge in [-0.2, -0.15) is 0 Å². The Labute approximate surface area is 69.7 Å². The van der Waals surface area contributed by atoms with E-state index in [-0.39, 0.29) is 0 Å². The summed E-state index contributed by atoms with van der Waals surface area (Å²) >= 11 is 0. The van der Waals surface area contributed by atoms with Gasteiger partial charge in [0.05, 0.1) is 0 Å². The fourth-order valence-corrected chi connectivity index (χ4v) is 1.95. The minimum absolute atomic E-state index is 0.382. The van der Waals surface area contributed by atoms with Gasteiger partial charge in [0.15, 0.2) is 0 Å². The van der Waals surface area contributed by atoms with Gasteiger partial charge in [-0.3, -0.25) is 0 Å². The molecule has 1 nitrogen and oxygen atoms in total. The maximum atomic E-state index is 5.99. The fraction of sp³-hybridized carbons (Fsp3) is 0.800. The lowest BCUT2D eigenvalue weighted by Gasteiger charge is -2.26. The average molecular weight is 153 g/mol. The van der Waals surface area contributed by atoms with Crippen molar-refractivity contribution in [3.05, 3.63) is 12.7 Å². The Morgan fingerprint density at radius 2 is 2.00 bits per heavy atom. The SMILES string of the molecule is C=CC[C@H](N)C1CCCCC1. The summed E-state index contributed by atoms with van der Waals surface area (Å²) in [5.41, 5.74) is 5.99. The van der Waals surface area contributed by atoms with Gasteiger partial charge in [0.2, 0.25) is 0 Å². The Morgan fingerprint density at radius 1 is 1.36 bits per heavy atom. The third-order valence-corrected chi connectivity index (χ3v) is 2.69. The van der Waals surface area contributed by atoms with Crippen molar-refractivity contribution < 1.29 is 0 Å². The molecule has 0 aromatic heterocycles. The molecule has 0 spiro atoms. The number of rotatable bonds is 3. The Hall–Kier alpha value is -0.300. The Morgan fingerprint density at radius 3 is 2.55 bits per heavy atom. The monoisotopic (exact) mass is 153 g/mol. The first-order valence-electron chi connectivity index (χ1n) is 4.71. The Balaban J connectivity index is 2.26. The summed E-state index contributed by atoms with van der Waals surface area (Å²) < 4.78 is 0. The quantitative estimate of drug-likeness (QED) is 0.619. The van der Waals surface area contributed by atoms with Gasteiger partial charge in [-0.25, -0.2) is 0 Å². The highest BCUT2D eigenvalue weighted by molar-refractivity contribution is 4.82. The predicted molar refractivity (Wildman–Crippen MR) is 49.4 cm³/mol. The van der Waals surface area contributed by atoms with Crippen LogP contribution >= 0.6 is 0 Å². The lowest BCUT2D eigenvalue weighted by molar-refractivity contribution is 0.305. The van der Waals surface area contributed by atoms with Crippen LogP contribution in [0.2, 0.25) is 0 Å². The second kappa shape index (κ2) is 4.55. The molecule has 1 aliphatic rings. The maximum Gasteiger partial charge on any atom is 0.0102 e. The van der Waals surface area contributed by atoms with E-state index in [4.69, 9.17) is 5.73 Å². The fourth-order valence-electron chi connectivity index (χ4n) is 1.95. The molecule has 64 valence electrons. The molecule has 0 aromatic rings. The third-order valence-electron chi connectivity index (χ3n) is 2.69. The number of hydrogen-bond acceptors (Lipinski definition) is 1. The highest BCUT2D eigenvalue weighted by atomic mass is 14.6. The molecule has 1 saturated carbocycles. The molecule has 0 amide bonds. The third kappa shape index (κ3) is 2.66. The number of nitrogens with two attached hydrogens (primary N) is 1. The van der Waals surface area contributed by atoms with Crippen LogP contribution in [0.3, 0.4) is 0 Å². The van der Waals surface area contributed by atoms with Crippen LogP contribution in [-0.2, 0) is 0 Å². The summed E-state index contributed by atoms with van der Waals surface area (Å²) in [6.07, 6.45) is 9.80. The molecule has 1 heteroatoms. The van der Waals surface area contributed by atoms with E-state index >= 15 is 0 Å². The molecule has 1 atom stereocenters. The van der Waals surface area contributed by atoms with E-state index in [0.29, 0.717) is 6.04 Å². The smallest absolute Gasteiger partial charge is 0.0102 e. The molecule has 0 aliphatic heterocycles. The van der Waals surface area contributed by atoms with Gasteiger partial charge < -0.3 is 5.73 Å². The van der Waals surface area contributed by atoms with Crippen molar-refractivity contribution >= 4 is 0 Å². The van der Waals surface area contributed by atoms with Crippen LogP contribution < -0.4 is 5.73 Å². The molecule has 0 aromatic carbocycles.